The van der Waals surface area contributed by atoms with Crippen LogP contribution in [0.25, 0.3) is 0 Å². The Hall–Kier alpha value is -2.63. The molecule has 102 valence electrons. The average molecular weight is 270 g/mol. The van der Waals surface area contributed by atoms with Gasteiger partial charge < -0.3 is 15.2 Å². The van der Waals surface area contributed by atoms with Crippen LogP contribution in [0.5, 0.6) is 0 Å². The number of amides is 2. The zero-order valence-electron chi connectivity index (χ0n) is 11.0. The predicted molar refractivity (Wildman–Crippen MR) is 73.1 cm³/mol. The number of para-hydroxylation sites is 1. The van der Waals surface area contributed by atoms with Crippen molar-refractivity contribution >= 4 is 17.5 Å². The van der Waals surface area contributed by atoms with E-state index in [0.717, 1.165) is 11.3 Å². The second-order valence-corrected chi connectivity index (χ2v) is 4.76. The van der Waals surface area contributed by atoms with Crippen LogP contribution in [-0.2, 0) is 11.8 Å². The molecule has 0 aliphatic carbocycles. The van der Waals surface area contributed by atoms with Crippen LogP contribution >= 0.6 is 0 Å². The van der Waals surface area contributed by atoms with Crippen LogP contribution in [0.4, 0.5) is 5.69 Å². The van der Waals surface area contributed by atoms with E-state index in [4.69, 9.17) is 0 Å². The van der Waals surface area contributed by atoms with E-state index >= 15 is 0 Å². The number of anilines is 1. The highest BCUT2D eigenvalue weighted by Gasteiger charge is 2.26. The molecular weight excluding hydrogens is 256 g/mol. The molecule has 1 aliphatic heterocycles. The Balaban J connectivity index is 1.86. The van der Waals surface area contributed by atoms with Gasteiger partial charge >= 0.3 is 0 Å². The quantitative estimate of drug-likeness (QED) is 0.861. The first-order chi connectivity index (χ1) is 9.65. The molecule has 3 rings (SSSR count). The van der Waals surface area contributed by atoms with E-state index in [1.165, 1.54) is 6.20 Å². The van der Waals surface area contributed by atoms with Gasteiger partial charge in [-0.1, -0.05) is 18.2 Å². The van der Waals surface area contributed by atoms with Crippen molar-refractivity contribution in [2.45, 2.75) is 12.5 Å². The summed E-state index contributed by atoms with van der Waals surface area (Å²) in [5.74, 6) is -0.335. The SMILES string of the molecule is Cn1cncc1C(=O)NC1CC(=O)Nc2ccccc21. The van der Waals surface area contributed by atoms with E-state index in [0.29, 0.717) is 5.69 Å². The molecule has 2 N–H and O–H groups in total. The number of aryl methyl sites for hydroxylation is 1. The fraction of sp³-hybridized carbons (Fsp3) is 0.214. The molecular formula is C14H14N4O2. The number of fused-ring (bicyclic) bond motifs is 1. The number of carbonyl (C=O) groups is 2. The number of aromatic nitrogens is 2. The van der Waals surface area contributed by atoms with Gasteiger partial charge in [-0.05, 0) is 11.6 Å². The molecule has 0 spiro atoms. The summed E-state index contributed by atoms with van der Waals surface area (Å²) in [7, 11) is 1.75. The number of nitrogens with zero attached hydrogens (tertiary/aromatic N) is 2. The number of hydrogen-bond acceptors (Lipinski definition) is 3. The number of benzene rings is 1. The third kappa shape index (κ3) is 2.16. The Labute approximate surface area is 115 Å². The normalized spacial score (nSPS) is 17.2. The highest BCUT2D eigenvalue weighted by molar-refractivity contribution is 5.97. The summed E-state index contributed by atoms with van der Waals surface area (Å²) in [5, 5.41) is 5.69. The van der Waals surface area contributed by atoms with Gasteiger partial charge in [0.05, 0.1) is 25.0 Å². The Kier molecular flexibility index (Phi) is 2.98. The summed E-state index contributed by atoms with van der Waals surface area (Å²) in [6, 6.07) is 7.16. The monoisotopic (exact) mass is 270 g/mol. The van der Waals surface area contributed by atoms with Crippen molar-refractivity contribution in [1.29, 1.82) is 0 Å². The topological polar surface area (TPSA) is 76.0 Å². The summed E-state index contributed by atoms with van der Waals surface area (Å²) in [5.41, 5.74) is 2.13. The molecule has 0 bridgehead atoms. The second kappa shape index (κ2) is 4.80. The number of hydrogen-bond donors (Lipinski definition) is 2. The van der Waals surface area contributed by atoms with E-state index in [-0.39, 0.29) is 24.3 Å². The van der Waals surface area contributed by atoms with Gasteiger partial charge in [0.15, 0.2) is 0 Å². The van der Waals surface area contributed by atoms with Crippen LogP contribution in [0.2, 0.25) is 0 Å². The Morgan fingerprint density at radius 3 is 3.00 bits per heavy atom. The van der Waals surface area contributed by atoms with E-state index in [1.54, 1.807) is 17.9 Å². The summed E-state index contributed by atoms with van der Waals surface area (Å²) in [4.78, 5) is 27.8. The zero-order chi connectivity index (χ0) is 14.1. The molecule has 2 heterocycles. The third-order valence-corrected chi connectivity index (χ3v) is 3.35. The van der Waals surface area contributed by atoms with Gasteiger partial charge in [0.25, 0.3) is 5.91 Å². The molecule has 0 saturated carbocycles. The predicted octanol–water partition coefficient (Wildman–Crippen LogP) is 1.23. The van der Waals surface area contributed by atoms with Gasteiger partial charge in [-0.2, -0.15) is 0 Å². The van der Waals surface area contributed by atoms with Crippen LogP contribution in [0.15, 0.2) is 36.8 Å². The molecule has 0 radical (unpaired) electrons. The van der Waals surface area contributed by atoms with Gasteiger partial charge in [-0.15, -0.1) is 0 Å². The summed E-state index contributed by atoms with van der Waals surface area (Å²) in [6.45, 7) is 0. The smallest absolute Gasteiger partial charge is 0.270 e. The molecule has 1 aromatic carbocycles. The Morgan fingerprint density at radius 2 is 2.25 bits per heavy atom. The number of imidazole rings is 1. The van der Waals surface area contributed by atoms with Crippen LogP contribution in [0, 0.1) is 0 Å². The van der Waals surface area contributed by atoms with E-state index < -0.39 is 0 Å². The largest absolute Gasteiger partial charge is 0.343 e. The molecule has 2 aromatic rings. The first-order valence-corrected chi connectivity index (χ1v) is 6.31. The highest BCUT2D eigenvalue weighted by atomic mass is 16.2. The molecule has 6 heteroatoms. The van der Waals surface area contributed by atoms with Crippen molar-refractivity contribution < 1.29 is 9.59 Å². The minimum absolute atomic E-state index is 0.0981. The maximum atomic E-state index is 12.2. The molecule has 1 aromatic heterocycles. The van der Waals surface area contributed by atoms with Gasteiger partial charge in [0.1, 0.15) is 5.69 Å². The molecule has 6 nitrogen and oxygen atoms in total. The van der Waals surface area contributed by atoms with E-state index in [2.05, 4.69) is 15.6 Å². The van der Waals surface area contributed by atoms with Gasteiger partial charge in [0, 0.05) is 12.7 Å². The standard InChI is InChI=1S/C14H14N4O2/c1-18-8-15-7-12(18)14(20)17-11-6-13(19)16-10-5-3-2-4-9(10)11/h2-5,7-8,11H,6H2,1H3,(H,16,19)(H,17,20). The maximum absolute atomic E-state index is 12.2. The minimum atomic E-state index is -0.317. The van der Waals surface area contributed by atoms with Crippen LogP contribution < -0.4 is 10.6 Å². The average Bonchev–Trinajstić information content (AvgIpc) is 2.85. The minimum Gasteiger partial charge on any atom is -0.343 e. The summed E-state index contributed by atoms with van der Waals surface area (Å²) < 4.78 is 1.64. The van der Waals surface area contributed by atoms with Crippen molar-refractivity contribution in [3.63, 3.8) is 0 Å². The van der Waals surface area contributed by atoms with Crippen molar-refractivity contribution in [2.24, 2.45) is 7.05 Å². The van der Waals surface area contributed by atoms with Crippen molar-refractivity contribution in [1.82, 2.24) is 14.9 Å². The second-order valence-electron chi connectivity index (χ2n) is 4.76. The highest BCUT2D eigenvalue weighted by Crippen LogP contribution is 2.30. The lowest BCUT2D eigenvalue weighted by Crippen LogP contribution is -2.35. The van der Waals surface area contributed by atoms with E-state index in [9.17, 15) is 9.59 Å². The van der Waals surface area contributed by atoms with Crippen LogP contribution in [0.1, 0.15) is 28.5 Å². The van der Waals surface area contributed by atoms with Crippen molar-refractivity contribution in [3.05, 3.63) is 48.0 Å². The zero-order valence-corrected chi connectivity index (χ0v) is 11.0. The van der Waals surface area contributed by atoms with Gasteiger partial charge in [-0.3, -0.25) is 9.59 Å². The van der Waals surface area contributed by atoms with Crippen LogP contribution in [-0.4, -0.2) is 21.4 Å². The van der Waals surface area contributed by atoms with Gasteiger partial charge in [-0.25, -0.2) is 4.98 Å². The third-order valence-electron chi connectivity index (χ3n) is 3.35. The lowest BCUT2D eigenvalue weighted by Gasteiger charge is -2.26. The number of nitrogens with one attached hydrogen (secondary N) is 2. The Bertz CT molecular complexity index is 677. The molecule has 2 amide bonds. The fourth-order valence-corrected chi connectivity index (χ4v) is 2.35. The first-order valence-electron chi connectivity index (χ1n) is 6.31. The lowest BCUT2D eigenvalue weighted by molar-refractivity contribution is -0.116. The molecule has 1 aliphatic rings. The molecule has 1 atom stereocenters. The lowest BCUT2D eigenvalue weighted by atomic mass is 9.97. The fourth-order valence-electron chi connectivity index (χ4n) is 2.35. The molecule has 1 unspecified atom stereocenters. The van der Waals surface area contributed by atoms with Crippen molar-refractivity contribution in [2.75, 3.05) is 5.32 Å². The molecule has 20 heavy (non-hydrogen) atoms. The molecule has 0 saturated heterocycles. The van der Waals surface area contributed by atoms with Crippen LogP contribution in [0.3, 0.4) is 0 Å². The van der Waals surface area contributed by atoms with Gasteiger partial charge in [0.2, 0.25) is 5.91 Å². The van der Waals surface area contributed by atoms with Crippen molar-refractivity contribution in [3.8, 4) is 0 Å². The number of rotatable bonds is 2. The van der Waals surface area contributed by atoms with E-state index in [1.807, 2.05) is 24.3 Å². The Morgan fingerprint density at radius 1 is 1.45 bits per heavy atom. The summed E-state index contributed by atoms with van der Waals surface area (Å²) >= 11 is 0. The number of carbonyl (C=O) groups excluding carboxylic acids is 2. The first kappa shape index (κ1) is 12.4. The molecule has 0 fully saturated rings. The summed E-state index contributed by atoms with van der Waals surface area (Å²) in [6.07, 6.45) is 3.31. The maximum Gasteiger partial charge on any atom is 0.270 e.